The SMILES string of the molecule is COC(=O)CCc1csc(N2CCC(OC)C2)n1. The summed E-state index contributed by atoms with van der Waals surface area (Å²) in [5.41, 5.74) is 0.960. The standard InChI is InChI=1S/C12H18N2O3S/c1-16-10-5-6-14(7-10)12-13-9(8-18-12)3-4-11(15)17-2/h8,10H,3-7H2,1-2H3. The zero-order valence-electron chi connectivity index (χ0n) is 10.7. The van der Waals surface area contributed by atoms with Crippen LogP contribution in [0, 0.1) is 0 Å². The number of nitrogens with zero attached hydrogens (tertiary/aromatic N) is 2. The Morgan fingerprint density at radius 2 is 2.44 bits per heavy atom. The fraction of sp³-hybridized carbons (Fsp3) is 0.667. The van der Waals surface area contributed by atoms with E-state index in [2.05, 4.69) is 14.6 Å². The lowest BCUT2D eigenvalue weighted by Crippen LogP contribution is -2.21. The molecule has 2 rings (SSSR count). The average molecular weight is 270 g/mol. The predicted octanol–water partition coefficient (Wildman–Crippen LogP) is 1.47. The number of methoxy groups -OCH3 is 2. The third kappa shape index (κ3) is 3.20. The van der Waals surface area contributed by atoms with Gasteiger partial charge in [-0.1, -0.05) is 0 Å². The molecule has 1 aliphatic rings. The minimum absolute atomic E-state index is 0.190. The Morgan fingerprint density at radius 1 is 1.61 bits per heavy atom. The third-order valence-electron chi connectivity index (χ3n) is 3.10. The van der Waals surface area contributed by atoms with E-state index in [4.69, 9.17) is 4.74 Å². The Hall–Kier alpha value is -1.14. The second-order valence-corrected chi connectivity index (χ2v) is 5.13. The lowest BCUT2D eigenvalue weighted by molar-refractivity contribution is -0.140. The van der Waals surface area contributed by atoms with Crippen LogP contribution in [0.3, 0.4) is 0 Å². The van der Waals surface area contributed by atoms with E-state index in [-0.39, 0.29) is 5.97 Å². The molecule has 6 heteroatoms. The largest absolute Gasteiger partial charge is 0.469 e. The Labute approximate surface area is 111 Å². The second-order valence-electron chi connectivity index (χ2n) is 4.29. The summed E-state index contributed by atoms with van der Waals surface area (Å²) in [6.07, 6.45) is 2.39. The molecule has 5 nitrogen and oxygen atoms in total. The van der Waals surface area contributed by atoms with Crippen LogP contribution >= 0.6 is 11.3 Å². The number of ether oxygens (including phenoxy) is 2. The van der Waals surface area contributed by atoms with E-state index in [9.17, 15) is 4.79 Å². The van der Waals surface area contributed by atoms with Crippen molar-refractivity contribution in [2.75, 3.05) is 32.2 Å². The van der Waals surface area contributed by atoms with Gasteiger partial charge in [0.1, 0.15) is 0 Å². The number of aromatic nitrogens is 1. The topological polar surface area (TPSA) is 51.7 Å². The molecule has 0 aliphatic carbocycles. The van der Waals surface area contributed by atoms with Crippen molar-refractivity contribution >= 4 is 22.4 Å². The first-order chi connectivity index (χ1) is 8.72. The molecule has 1 atom stereocenters. The highest BCUT2D eigenvalue weighted by Gasteiger charge is 2.24. The van der Waals surface area contributed by atoms with E-state index in [0.717, 1.165) is 30.3 Å². The molecule has 0 radical (unpaired) electrons. The van der Waals surface area contributed by atoms with Crippen molar-refractivity contribution in [3.63, 3.8) is 0 Å². The number of hydrogen-bond acceptors (Lipinski definition) is 6. The minimum atomic E-state index is -0.190. The third-order valence-corrected chi connectivity index (χ3v) is 4.05. The van der Waals surface area contributed by atoms with Gasteiger partial charge < -0.3 is 14.4 Å². The molecule has 1 unspecified atom stereocenters. The molecule has 100 valence electrons. The maximum absolute atomic E-state index is 11.1. The fourth-order valence-corrected chi connectivity index (χ4v) is 2.88. The molecule has 0 saturated carbocycles. The van der Waals surface area contributed by atoms with Crippen molar-refractivity contribution in [3.8, 4) is 0 Å². The van der Waals surface area contributed by atoms with E-state index in [1.54, 1.807) is 18.4 Å². The highest BCUT2D eigenvalue weighted by molar-refractivity contribution is 7.13. The van der Waals surface area contributed by atoms with Crippen LogP contribution in [0.5, 0.6) is 0 Å². The molecule has 1 saturated heterocycles. The summed E-state index contributed by atoms with van der Waals surface area (Å²) < 4.78 is 9.95. The first-order valence-corrected chi connectivity index (χ1v) is 6.90. The van der Waals surface area contributed by atoms with Gasteiger partial charge in [-0.2, -0.15) is 0 Å². The first-order valence-electron chi connectivity index (χ1n) is 6.02. The van der Waals surface area contributed by atoms with Crippen molar-refractivity contribution in [2.24, 2.45) is 0 Å². The zero-order valence-corrected chi connectivity index (χ0v) is 11.5. The van der Waals surface area contributed by atoms with Gasteiger partial charge in [0, 0.05) is 32.0 Å². The van der Waals surface area contributed by atoms with Crippen molar-refractivity contribution < 1.29 is 14.3 Å². The summed E-state index contributed by atoms with van der Waals surface area (Å²) in [6, 6.07) is 0. The molecule has 0 bridgehead atoms. The van der Waals surface area contributed by atoms with Gasteiger partial charge in [0.2, 0.25) is 0 Å². The van der Waals surface area contributed by atoms with E-state index in [0.29, 0.717) is 18.9 Å². The predicted molar refractivity (Wildman–Crippen MR) is 70.1 cm³/mol. The van der Waals surface area contributed by atoms with Crippen molar-refractivity contribution in [3.05, 3.63) is 11.1 Å². The van der Waals surface area contributed by atoms with Gasteiger partial charge in [0.15, 0.2) is 5.13 Å². The maximum atomic E-state index is 11.1. The van der Waals surface area contributed by atoms with Gasteiger partial charge in [0.05, 0.1) is 25.3 Å². The molecule has 2 heterocycles. The van der Waals surface area contributed by atoms with E-state index in [1.807, 2.05) is 5.38 Å². The van der Waals surface area contributed by atoms with E-state index < -0.39 is 0 Å². The van der Waals surface area contributed by atoms with Crippen molar-refractivity contribution in [1.29, 1.82) is 0 Å². The van der Waals surface area contributed by atoms with Crippen LogP contribution in [-0.4, -0.2) is 44.4 Å². The number of thiazole rings is 1. The van der Waals surface area contributed by atoms with E-state index in [1.165, 1.54) is 7.11 Å². The Morgan fingerprint density at radius 3 is 3.11 bits per heavy atom. The summed E-state index contributed by atoms with van der Waals surface area (Å²) in [7, 11) is 3.15. The van der Waals surface area contributed by atoms with Crippen LogP contribution in [0.1, 0.15) is 18.5 Å². The number of anilines is 1. The van der Waals surface area contributed by atoms with Gasteiger partial charge in [-0.05, 0) is 6.42 Å². The quantitative estimate of drug-likeness (QED) is 0.758. The fourth-order valence-electron chi connectivity index (χ4n) is 1.98. The van der Waals surface area contributed by atoms with Crippen LogP contribution in [0.15, 0.2) is 5.38 Å². The highest BCUT2D eigenvalue weighted by atomic mass is 32.1. The number of aryl methyl sites for hydroxylation is 1. The lowest BCUT2D eigenvalue weighted by atomic mass is 10.2. The highest BCUT2D eigenvalue weighted by Crippen LogP contribution is 2.25. The number of esters is 1. The normalized spacial score (nSPS) is 19.2. The monoisotopic (exact) mass is 270 g/mol. The molecular weight excluding hydrogens is 252 g/mol. The Bertz CT molecular complexity index is 408. The van der Waals surface area contributed by atoms with Crippen molar-refractivity contribution in [1.82, 2.24) is 4.98 Å². The molecule has 0 N–H and O–H groups in total. The average Bonchev–Trinajstić information content (AvgIpc) is 3.03. The summed E-state index contributed by atoms with van der Waals surface area (Å²) >= 11 is 1.63. The number of rotatable bonds is 5. The van der Waals surface area contributed by atoms with Crippen LogP contribution in [0.2, 0.25) is 0 Å². The van der Waals surface area contributed by atoms with Crippen molar-refractivity contribution in [2.45, 2.75) is 25.4 Å². The molecule has 1 fully saturated rings. The van der Waals surface area contributed by atoms with Gasteiger partial charge in [-0.3, -0.25) is 4.79 Å². The maximum Gasteiger partial charge on any atom is 0.305 e. The Balaban J connectivity index is 1.88. The van der Waals surface area contributed by atoms with Gasteiger partial charge >= 0.3 is 5.97 Å². The molecule has 0 spiro atoms. The molecule has 0 aromatic carbocycles. The van der Waals surface area contributed by atoms with Gasteiger partial charge in [-0.25, -0.2) is 4.98 Å². The molecule has 0 amide bonds. The Kier molecular flexibility index (Phi) is 4.54. The summed E-state index contributed by atoms with van der Waals surface area (Å²) in [4.78, 5) is 17.8. The van der Waals surface area contributed by atoms with Crippen LogP contribution in [0.25, 0.3) is 0 Å². The number of carbonyl (C=O) groups is 1. The van der Waals surface area contributed by atoms with Crippen LogP contribution in [0.4, 0.5) is 5.13 Å². The molecule has 1 aliphatic heterocycles. The summed E-state index contributed by atoms with van der Waals surface area (Å²) in [5.74, 6) is -0.190. The van der Waals surface area contributed by atoms with E-state index >= 15 is 0 Å². The van der Waals surface area contributed by atoms with Gasteiger partial charge in [0.25, 0.3) is 0 Å². The van der Waals surface area contributed by atoms with Crippen LogP contribution < -0.4 is 4.90 Å². The molecule has 18 heavy (non-hydrogen) atoms. The second kappa shape index (κ2) is 6.15. The van der Waals surface area contributed by atoms with Crippen LogP contribution in [-0.2, 0) is 20.7 Å². The zero-order chi connectivity index (χ0) is 13.0. The number of hydrogen-bond donors (Lipinski definition) is 0. The molecular formula is C12H18N2O3S. The lowest BCUT2D eigenvalue weighted by Gasteiger charge is -2.13. The smallest absolute Gasteiger partial charge is 0.305 e. The summed E-state index contributed by atoms with van der Waals surface area (Å²) in [5, 5.41) is 3.03. The van der Waals surface area contributed by atoms with Gasteiger partial charge in [-0.15, -0.1) is 11.3 Å². The first kappa shape index (κ1) is 13.3. The summed E-state index contributed by atoms with van der Waals surface area (Å²) in [6.45, 7) is 1.89. The minimum Gasteiger partial charge on any atom is -0.469 e. The molecule has 1 aromatic heterocycles. The molecule has 1 aromatic rings. The number of carbonyl (C=O) groups excluding carboxylic acids is 1.